The van der Waals surface area contributed by atoms with Gasteiger partial charge >= 0.3 is 0 Å². The number of nitro benzene ring substituents is 1. The maximum absolute atomic E-state index is 11.1. The zero-order valence-electron chi connectivity index (χ0n) is 15.8. The van der Waals surface area contributed by atoms with Crippen molar-refractivity contribution in [3.63, 3.8) is 0 Å². The van der Waals surface area contributed by atoms with Gasteiger partial charge in [0.2, 0.25) is 10.0 Å². The van der Waals surface area contributed by atoms with Crippen LogP contribution in [0.5, 0.6) is 0 Å². The summed E-state index contributed by atoms with van der Waals surface area (Å²) in [6, 6.07) is 10.3. The lowest BCUT2D eigenvalue weighted by atomic mass is 10.2. The molecule has 0 radical (unpaired) electrons. The molecule has 1 heterocycles. The molecule has 1 aromatic carbocycles. The number of hydrogen-bond acceptors (Lipinski definition) is 6. The van der Waals surface area contributed by atoms with Crippen LogP contribution < -0.4 is 15.4 Å². The summed E-state index contributed by atoms with van der Waals surface area (Å²) in [6.07, 6.45) is 1.95. The normalized spacial score (nSPS) is 11.6. The fourth-order valence-electron chi connectivity index (χ4n) is 2.24. The number of non-ortho nitro benzene ring substituents is 1. The molecule has 12 heteroatoms. The molecule has 0 aliphatic heterocycles. The summed E-state index contributed by atoms with van der Waals surface area (Å²) in [5.41, 5.74) is 0.867. The lowest BCUT2D eigenvalue weighted by Crippen LogP contribution is -2.42. The van der Waals surface area contributed by atoms with Gasteiger partial charge in [0.15, 0.2) is 5.96 Å². The van der Waals surface area contributed by atoms with E-state index < -0.39 is 14.9 Å². The van der Waals surface area contributed by atoms with Crippen molar-refractivity contribution >= 4 is 57.0 Å². The van der Waals surface area contributed by atoms with Crippen molar-refractivity contribution in [2.75, 3.05) is 25.9 Å². The molecular weight excluding hydrogens is 529 g/mol. The molecule has 0 saturated carbocycles. The van der Waals surface area contributed by atoms with Gasteiger partial charge in [0.05, 0.1) is 17.7 Å². The van der Waals surface area contributed by atoms with E-state index >= 15 is 0 Å². The van der Waals surface area contributed by atoms with Crippen LogP contribution in [0.2, 0.25) is 0 Å². The van der Waals surface area contributed by atoms with Crippen LogP contribution in [0.4, 0.5) is 5.69 Å². The van der Waals surface area contributed by atoms with E-state index in [-0.39, 0.29) is 36.2 Å². The molecule has 160 valence electrons. The predicted molar refractivity (Wildman–Crippen MR) is 127 cm³/mol. The first-order chi connectivity index (χ1) is 13.3. The Morgan fingerprint density at radius 2 is 1.83 bits per heavy atom. The zero-order chi connectivity index (χ0) is 20.4. The lowest BCUT2D eigenvalue weighted by molar-refractivity contribution is -0.384. The summed E-state index contributed by atoms with van der Waals surface area (Å²) < 4.78 is 24.7. The SMILES string of the molecule is CS(=O)(=O)NCCNC(=NCc1ccc([N+](=O)[O-])cc1)NCCc1cccs1.I. The summed E-state index contributed by atoms with van der Waals surface area (Å²) in [7, 11) is -3.24. The Kier molecular flexibility index (Phi) is 11.1. The second-order valence-electron chi connectivity index (χ2n) is 5.94. The number of thiophene rings is 1. The molecule has 3 N–H and O–H groups in total. The average Bonchev–Trinajstić information content (AvgIpc) is 3.15. The molecule has 0 saturated heterocycles. The van der Waals surface area contributed by atoms with Crippen LogP contribution in [0.15, 0.2) is 46.8 Å². The summed E-state index contributed by atoms with van der Waals surface area (Å²) in [5, 5.41) is 19.0. The molecule has 0 fully saturated rings. The Labute approximate surface area is 191 Å². The van der Waals surface area contributed by atoms with Gasteiger partial charge in [-0.25, -0.2) is 18.1 Å². The minimum Gasteiger partial charge on any atom is -0.356 e. The Hall–Kier alpha value is -1.77. The highest BCUT2D eigenvalue weighted by Gasteiger charge is 2.05. The maximum atomic E-state index is 11.1. The summed E-state index contributed by atoms with van der Waals surface area (Å²) in [4.78, 5) is 16.0. The van der Waals surface area contributed by atoms with Crippen LogP contribution in [0.25, 0.3) is 0 Å². The predicted octanol–water partition coefficient (Wildman–Crippen LogP) is 2.10. The number of aliphatic imine (C=N–C) groups is 1. The number of rotatable bonds is 10. The molecule has 0 aliphatic carbocycles. The molecule has 0 bridgehead atoms. The fourth-order valence-corrected chi connectivity index (χ4v) is 3.43. The molecule has 0 unspecified atom stereocenters. The molecule has 0 spiro atoms. The Bertz CT molecular complexity index is 887. The number of hydrogen-bond donors (Lipinski definition) is 3. The van der Waals surface area contributed by atoms with Crippen LogP contribution >= 0.6 is 35.3 Å². The third-order valence-electron chi connectivity index (χ3n) is 3.59. The smallest absolute Gasteiger partial charge is 0.269 e. The first kappa shape index (κ1) is 25.3. The Morgan fingerprint density at radius 1 is 1.14 bits per heavy atom. The molecule has 9 nitrogen and oxygen atoms in total. The molecule has 29 heavy (non-hydrogen) atoms. The van der Waals surface area contributed by atoms with Gasteiger partial charge in [-0.15, -0.1) is 35.3 Å². The van der Waals surface area contributed by atoms with Crippen LogP contribution in [0.3, 0.4) is 0 Å². The Balaban J connectivity index is 0.00000420. The Morgan fingerprint density at radius 3 is 2.41 bits per heavy atom. The minimum absolute atomic E-state index is 0. The van der Waals surface area contributed by atoms with Gasteiger partial charge in [0.25, 0.3) is 5.69 Å². The van der Waals surface area contributed by atoms with Gasteiger partial charge in [0.1, 0.15) is 0 Å². The second kappa shape index (κ2) is 12.7. The largest absolute Gasteiger partial charge is 0.356 e. The van der Waals surface area contributed by atoms with Gasteiger partial charge in [-0.1, -0.05) is 18.2 Å². The van der Waals surface area contributed by atoms with E-state index in [4.69, 9.17) is 0 Å². The molecule has 1 aromatic heterocycles. The number of halogens is 1. The van der Waals surface area contributed by atoms with Gasteiger partial charge in [-0.2, -0.15) is 0 Å². The van der Waals surface area contributed by atoms with Crippen molar-refractivity contribution in [1.29, 1.82) is 0 Å². The molecule has 2 aromatic rings. The van der Waals surface area contributed by atoms with Crippen LogP contribution in [0, 0.1) is 10.1 Å². The van der Waals surface area contributed by atoms with E-state index in [2.05, 4.69) is 26.4 Å². The van der Waals surface area contributed by atoms with E-state index in [1.807, 2.05) is 11.4 Å². The zero-order valence-corrected chi connectivity index (χ0v) is 19.8. The monoisotopic (exact) mass is 553 g/mol. The van der Waals surface area contributed by atoms with Crippen molar-refractivity contribution in [3.05, 3.63) is 62.3 Å². The minimum atomic E-state index is -3.24. The third kappa shape index (κ3) is 10.5. The average molecular weight is 553 g/mol. The lowest BCUT2D eigenvalue weighted by Gasteiger charge is -2.12. The topological polar surface area (TPSA) is 126 Å². The molecule has 0 amide bonds. The standard InChI is InChI=1S/C17H23N5O4S2.HI/c1-28(25,26)21-11-10-19-17(18-9-8-16-3-2-12-27-16)20-13-14-4-6-15(7-5-14)22(23)24;/h2-7,12,21H,8-11,13H2,1H3,(H2,18,19,20);1H. The molecule has 0 aliphatic rings. The van der Waals surface area contributed by atoms with Crippen LogP contribution in [-0.2, 0) is 23.0 Å². The fraction of sp³-hybridized carbons (Fsp3) is 0.353. The van der Waals surface area contributed by atoms with Gasteiger partial charge in [0, 0.05) is 36.6 Å². The summed E-state index contributed by atoms with van der Waals surface area (Å²) >= 11 is 1.68. The van der Waals surface area contributed by atoms with E-state index in [1.165, 1.54) is 17.0 Å². The van der Waals surface area contributed by atoms with Gasteiger partial charge < -0.3 is 10.6 Å². The number of sulfonamides is 1. The van der Waals surface area contributed by atoms with E-state index in [9.17, 15) is 18.5 Å². The summed E-state index contributed by atoms with van der Waals surface area (Å²) in [6.45, 7) is 1.62. The first-order valence-electron chi connectivity index (χ1n) is 8.56. The van der Waals surface area contributed by atoms with E-state index in [1.54, 1.807) is 23.5 Å². The van der Waals surface area contributed by atoms with Gasteiger partial charge in [-0.05, 0) is 23.4 Å². The van der Waals surface area contributed by atoms with Crippen LogP contribution in [-0.4, -0.2) is 45.2 Å². The highest BCUT2D eigenvalue weighted by atomic mass is 127. The second-order valence-corrected chi connectivity index (χ2v) is 8.80. The van der Waals surface area contributed by atoms with Crippen molar-refractivity contribution in [2.45, 2.75) is 13.0 Å². The maximum Gasteiger partial charge on any atom is 0.269 e. The quantitative estimate of drug-likeness (QED) is 0.103. The molecular formula is C17H24IN5O4S2. The van der Waals surface area contributed by atoms with Crippen molar-refractivity contribution < 1.29 is 13.3 Å². The molecule has 2 rings (SSSR count). The van der Waals surface area contributed by atoms with E-state index in [0.717, 1.165) is 18.2 Å². The van der Waals surface area contributed by atoms with Crippen LogP contribution in [0.1, 0.15) is 10.4 Å². The first-order valence-corrected chi connectivity index (χ1v) is 11.3. The number of guanidine groups is 1. The third-order valence-corrected chi connectivity index (χ3v) is 5.26. The summed E-state index contributed by atoms with van der Waals surface area (Å²) in [5.74, 6) is 0.546. The van der Waals surface area contributed by atoms with Gasteiger partial charge in [-0.3, -0.25) is 10.1 Å². The highest BCUT2D eigenvalue weighted by Crippen LogP contribution is 2.12. The molecule has 0 atom stereocenters. The van der Waals surface area contributed by atoms with Crippen molar-refractivity contribution in [2.24, 2.45) is 4.99 Å². The number of nitrogens with zero attached hydrogens (tertiary/aromatic N) is 2. The number of benzene rings is 1. The van der Waals surface area contributed by atoms with E-state index in [0.29, 0.717) is 25.6 Å². The van der Waals surface area contributed by atoms with Crippen molar-refractivity contribution in [3.8, 4) is 0 Å². The van der Waals surface area contributed by atoms with Crippen molar-refractivity contribution in [1.82, 2.24) is 15.4 Å². The number of nitrogens with one attached hydrogen (secondary N) is 3. The number of nitro groups is 1. The highest BCUT2D eigenvalue weighted by molar-refractivity contribution is 14.0.